The van der Waals surface area contributed by atoms with Crippen LogP contribution >= 0.6 is 0 Å². The minimum Gasteiger partial charge on any atom is -0.398 e. The van der Waals surface area contributed by atoms with Crippen LogP contribution in [0.25, 0.3) is 10.9 Å². The maximum Gasteiger partial charge on any atom is 0.230 e. The standard InChI is InChI=1S/C27H31N3O/c1-2-6-20-18-23(28)22-17-21(9-10-24(22)29-20)30-25(31)27-14-11-26(12-15-27,13-16-27)19-7-4-3-5-8-19/h3-5,7-10,17-18H,2,6,11-16H2,1H3,(H2,28,29)(H,30,31). The van der Waals surface area contributed by atoms with Gasteiger partial charge in [0, 0.05) is 27.9 Å². The lowest BCUT2D eigenvalue weighted by atomic mass is 9.51. The maximum absolute atomic E-state index is 13.4. The van der Waals surface area contributed by atoms with Crippen LogP contribution in [0.3, 0.4) is 0 Å². The van der Waals surface area contributed by atoms with Gasteiger partial charge in [-0.25, -0.2) is 0 Å². The van der Waals surface area contributed by atoms with Crippen LogP contribution in [-0.2, 0) is 16.6 Å². The lowest BCUT2D eigenvalue weighted by Gasteiger charge is -2.52. The fourth-order valence-electron chi connectivity index (χ4n) is 5.79. The minimum atomic E-state index is -0.236. The summed E-state index contributed by atoms with van der Waals surface area (Å²) in [4.78, 5) is 18.1. The molecular formula is C27H31N3O. The Bertz CT molecular complexity index is 1100. The molecule has 6 rings (SSSR count). The van der Waals surface area contributed by atoms with E-state index in [4.69, 9.17) is 10.7 Å². The van der Waals surface area contributed by atoms with Crippen LogP contribution in [-0.4, -0.2) is 10.9 Å². The third-order valence-electron chi connectivity index (χ3n) is 7.77. The first kappa shape index (κ1) is 20.0. The summed E-state index contributed by atoms with van der Waals surface area (Å²) in [6.07, 6.45) is 8.14. The second-order valence-electron chi connectivity index (χ2n) is 9.57. The Morgan fingerprint density at radius 2 is 1.71 bits per heavy atom. The lowest BCUT2D eigenvalue weighted by molar-refractivity contribution is -0.132. The largest absolute Gasteiger partial charge is 0.398 e. The van der Waals surface area contributed by atoms with Crippen molar-refractivity contribution in [2.45, 2.75) is 63.7 Å². The highest BCUT2D eigenvalue weighted by molar-refractivity contribution is 5.99. The zero-order chi connectivity index (χ0) is 21.5. The Balaban J connectivity index is 1.33. The first-order valence-corrected chi connectivity index (χ1v) is 11.6. The molecule has 160 valence electrons. The smallest absolute Gasteiger partial charge is 0.230 e. The van der Waals surface area contributed by atoms with E-state index < -0.39 is 0 Å². The van der Waals surface area contributed by atoms with Crippen molar-refractivity contribution in [3.8, 4) is 0 Å². The van der Waals surface area contributed by atoms with Gasteiger partial charge in [-0.2, -0.15) is 0 Å². The number of hydrogen-bond acceptors (Lipinski definition) is 3. The number of nitrogens with one attached hydrogen (secondary N) is 1. The van der Waals surface area contributed by atoms with Crippen LogP contribution in [0.15, 0.2) is 54.6 Å². The quantitative estimate of drug-likeness (QED) is 0.539. The number of nitrogen functional groups attached to an aromatic ring is 1. The molecule has 3 aliphatic rings. The van der Waals surface area contributed by atoms with E-state index in [1.165, 1.54) is 5.56 Å². The van der Waals surface area contributed by atoms with Crippen molar-refractivity contribution < 1.29 is 4.79 Å². The fraction of sp³-hybridized carbons (Fsp3) is 0.407. The molecule has 1 aromatic heterocycles. The van der Waals surface area contributed by atoms with Crippen LogP contribution in [0.2, 0.25) is 0 Å². The molecule has 0 saturated heterocycles. The number of rotatable bonds is 5. The van der Waals surface area contributed by atoms with Gasteiger partial charge < -0.3 is 11.1 Å². The van der Waals surface area contributed by atoms with Gasteiger partial charge >= 0.3 is 0 Å². The third kappa shape index (κ3) is 3.48. The van der Waals surface area contributed by atoms with Gasteiger partial charge in [0.05, 0.1) is 5.52 Å². The molecule has 2 bridgehead atoms. The Morgan fingerprint density at radius 3 is 2.39 bits per heavy atom. The predicted octanol–water partition coefficient (Wildman–Crippen LogP) is 6.00. The maximum atomic E-state index is 13.4. The SMILES string of the molecule is CCCc1cc(N)c2cc(NC(=O)C34CCC(c5ccccc5)(CC3)CC4)ccc2n1. The zero-order valence-electron chi connectivity index (χ0n) is 18.3. The monoisotopic (exact) mass is 413 g/mol. The molecule has 3 saturated carbocycles. The van der Waals surface area contributed by atoms with E-state index in [-0.39, 0.29) is 16.7 Å². The Morgan fingerprint density at radius 1 is 1.00 bits per heavy atom. The highest BCUT2D eigenvalue weighted by Gasteiger charge is 2.52. The summed E-state index contributed by atoms with van der Waals surface area (Å²) in [7, 11) is 0. The lowest BCUT2D eigenvalue weighted by Crippen LogP contribution is -2.49. The molecule has 4 heteroatoms. The summed E-state index contributed by atoms with van der Waals surface area (Å²) in [5, 5.41) is 4.13. The number of carbonyl (C=O) groups excluding carboxylic acids is 1. The van der Waals surface area contributed by atoms with E-state index in [1.54, 1.807) is 0 Å². The summed E-state index contributed by atoms with van der Waals surface area (Å²) >= 11 is 0. The average Bonchev–Trinajstić information content (AvgIpc) is 2.81. The molecule has 3 N–H and O–H groups in total. The van der Waals surface area contributed by atoms with Gasteiger partial charge in [0.2, 0.25) is 5.91 Å². The molecule has 0 spiro atoms. The molecule has 0 unspecified atom stereocenters. The van der Waals surface area contributed by atoms with Crippen molar-refractivity contribution in [2.75, 3.05) is 11.1 Å². The number of nitrogens with zero attached hydrogens (tertiary/aromatic N) is 1. The zero-order valence-corrected chi connectivity index (χ0v) is 18.3. The van der Waals surface area contributed by atoms with E-state index >= 15 is 0 Å². The van der Waals surface area contributed by atoms with Gasteiger partial charge in [-0.05, 0) is 80.2 Å². The summed E-state index contributed by atoms with van der Waals surface area (Å²) in [6.45, 7) is 2.14. The van der Waals surface area contributed by atoms with Crippen LogP contribution in [0, 0.1) is 5.41 Å². The number of hydrogen-bond donors (Lipinski definition) is 2. The molecule has 3 aromatic rings. The Hall–Kier alpha value is -2.88. The van der Waals surface area contributed by atoms with Gasteiger partial charge in [-0.1, -0.05) is 43.7 Å². The van der Waals surface area contributed by atoms with Crippen LogP contribution in [0.1, 0.15) is 63.1 Å². The number of anilines is 2. The molecule has 4 nitrogen and oxygen atoms in total. The van der Waals surface area contributed by atoms with E-state index in [2.05, 4.69) is 42.6 Å². The highest BCUT2D eigenvalue weighted by atomic mass is 16.2. The van der Waals surface area contributed by atoms with Gasteiger partial charge in [0.15, 0.2) is 0 Å². The molecule has 0 radical (unpaired) electrons. The van der Waals surface area contributed by atoms with Crippen molar-refractivity contribution in [3.63, 3.8) is 0 Å². The van der Waals surface area contributed by atoms with Crippen molar-refractivity contribution in [3.05, 3.63) is 65.9 Å². The number of aromatic nitrogens is 1. The van der Waals surface area contributed by atoms with E-state index in [0.717, 1.165) is 79.3 Å². The highest BCUT2D eigenvalue weighted by Crippen LogP contribution is 2.58. The molecule has 1 heterocycles. The first-order valence-electron chi connectivity index (χ1n) is 11.6. The van der Waals surface area contributed by atoms with Gasteiger partial charge in [-0.15, -0.1) is 0 Å². The van der Waals surface area contributed by atoms with E-state index in [9.17, 15) is 4.79 Å². The van der Waals surface area contributed by atoms with Crippen LogP contribution in [0.5, 0.6) is 0 Å². The molecule has 0 atom stereocenters. The average molecular weight is 414 g/mol. The van der Waals surface area contributed by atoms with Gasteiger partial charge in [0.25, 0.3) is 0 Å². The third-order valence-corrected chi connectivity index (χ3v) is 7.77. The summed E-state index contributed by atoms with van der Waals surface area (Å²) in [5.41, 5.74) is 11.2. The summed E-state index contributed by atoms with van der Waals surface area (Å²) < 4.78 is 0. The normalized spacial score (nSPS) is 24.9. The Labute approximate surface area is 184 Å². The van der Waals surface area contributed by atoms with Crippen LogP contribution in [0.4, 0.5) is 11.4 Å². The molecule has 31 heavy (non-hydrogen) atoms. The van der Waals surface area contributed by atoms with Crippen LogP contribution < -0.4 is 11.1 Å². The molecule has 3 fully saturated rings. The number of nitrogens with two attached hydrogens (primary N) is 1. The Kier molecular flexibility index (Phi) is 4.96. The van der Waals surface area contributed by atoms with Crippen molar-refractivity contribution in [1.29, 1.82) is 0 Å². The minimum absolute atomic E-state index is 0.169. The topological polar surface area (TPSA) is 68.0 Å². The number of carbonyl (C=O) groups is 1. The predicted molar refractivity (Wildman–Crippen MR) is 127 cm³/mol. The molecular weight excluding hydrogens is 382 g/mol. The number of aryl methyl sites for hydroxylation is 1. The summed E-state index contributed by atoms with van der Waals surface area (Å²) in [6, 6.07) is 18.7. The fourth-order valence-corrected chi connectivity index (χ4v) is 5.79. The second kappa shape index (κ2) is 7.67. The van der Waals surface area contributed by atoms with Gasteiger partial charge in [0.1, 0.15) is 0 Å². The molecule has 1 amide bonds. The van der Waals surface area contributed by atoms with Gasteiger partial charge in [-0.3, -0.25) is 9.78 Å². The van der Waals surface area contributed by atoms with Crippen molar-refractivity contribution in [1.82, 2.24) is 4.98 Å². The second-order valence-corrected chi connectivity index (χ2v) is 9.57. The van der Waals surface area contributed by atoms with Crippen molar-refractivity contribution in [2.24, 2.45) is 5.41 Å². The number of amides is 1. The number of benzene rings is 2. The molecule has 0 aliphatic heterocycles. The van der Waals surface area contributed by atoms with E-state index in [0.29, 0.717) is 0 Å². The number of pyridine rings is 1. The molecule has 3 aliphatic carbocycles. The van der Waals surface area contributed by atoms with Crippen molar-refractivity contribution >= 4 is 28.2 Å². The van der Waals surface area contributed by atoms with E-state index in [1.807, 2.05) is 24.3 Å². The number of fused-ring (bicyclic) bond motifs is 4. The summed E-state index contributed by atoms with van der Waals surface area (Å²) in [5.74, 6) is 0.169. The molecule has 2 aromatic carbocycles. The first-order chi connectivity index (χ1) is 15.0.